The predicted molar refractivity (Wildman–Crippen MR) is 238 cm³/mol. The molecule has 0 saturated heterocycles. The smallest absolute Gasteiger partial charge is 0.238 e. The molecule has 0 aliphatic carbocycles. The molecule has 0 unspecified atom stereocenters. The first-order valence-corrected chi connectivity index (χ1v) is 19.9. The van der Waals surface area contributed by atoms with Gasteiger partial charge in [0.2, 0.25) is 5.95 Å². The maximum Gasteiger partial charge on any atom is 0.238 e. The van der Waals surface area contributed by atoms with E-state index in [1.165, 1.54) is 42.1 Å². The standard InChI is InChI=1S/C51H31N5S/c1-2-15-32(16-3-1)34-22-14-28-47-48(34)40-31-33(29-30-46(40)57-47)49-52-50(54-51(53-49)56-43-25-11-6-19-37(43)38-20-7-12-26-44(38)56)39-21-8-13-27-45(39)55-41-23-9-4-17-35(41)36-18-5-10-24-42(36)55/h1-31H. The van der Waals surface area contributed by atoms with Crippen molar-refractivity contribution in [2.45, 2.75) is 0 Å². The normalized spacial score (nSPS) is 11.9. The lowest BCUT2D eigenvalue weighted by Gasteiger charge is -2.15. The van der Waals surface area contributed by atoms with Gasteiger partial charge in [0.05, 0.1) is 27.8 Å². The van der Waals surface area contributed by atoms with Gasteiger partial charge in [-0.1, -0.05) is 127 Å². The zero-order valence-corrected chi connectivity index (χ0v) is 31.4. The molecule has 0 aliphatic heterocycles. The summed E-state index contributed by atoms with van der Waals surface area (Å²) in [6.45, 7) is 0. The van der Waals surface area contributed by atoms with Crippen molar-refractivity contribution >= 4 is 75.1 Å². The zero-order valence-electron chi connectivity index (χ0n) is 30.5. The SMILES string of the molecule is c1ccc(-c2cccc3sc4ccc(-c5nc(-c6ccccc6-n6c7ccccc7c7ccccc76)nc(-n6c7ccccc7c7ccccc76)n5)cc4c23)cc1. The van der Waals surface area contributed by atoms with Gasteiger partial charge in [-0.3, -0.25) is 4.57 Å². The number of fused-ring (bicyclic) bond motifs is 9. The highest BCUT2D eigenvalue weighted by Crippen LogP contribution is 2.42. The Bertz CT molecular complexity index is 3430. The molecule has 0 N–H and O–H groups in total. The highest BCUT2D eigenvalue weighted by Gasteiger charge is 2.22. The maximum absolute atomic E-state index is 5.39. The van der Waals surface area contributed by atoms with Crippen LogP contribution in [0.25, 0.3) is 109 Å². The molecule has 0 spiro atoms. The van der Waals surface area contributed by atoms with Crippen molar-refractivity contribution in [2.75, 3.05) is 0 Å². The second-order valence-electron chi connectivity index (χ2n) is 14.4. The number of benzene rings is 8. The molecule has 0 aliphatic rings. The van der Waals surface area contributed by atoms with Crippen LogP contribution in [0.5, 0.6) is 0 Å². The van der Waals surface area contributed by atoms with E-state index >= 15 is 0 Å². The second-order valence-corrected chi connectivity index (χ2v) is 15.5. The van der Waals surface area contributed by atoms with E-state index in [1.807, 2.05) is 11.3 Å². The lowest BCUT2D eigenvalue weighted by molar-refractivity contribution is 0.952. The first kappa shape index (κ1) is 31.9. The molecule has 0 bridgehead atoms. The van der Waals surface area contributed by atoms with Gasteiger partial charge >= 0.3 is 0 Å². The molecule has 0 fully saturated rings. The van der Waals surface area contributed by atoms with Crippen LogP contribution < -0.4 is 0 Å². The molecule has 12 rings (SSSR count). The van der Waals surface area contributed by atoms with Gasteiger partial charge in [-0.2, -0.15) is 9.97 Å². The molecule has 4 aromatic heterocycles. The maximum atomic E-state index is 5.39. The van der Waals surface area contributed by atoms with E-state index in [1.54, 1.807) is 0 Å². The lowest BCUT2D eigenvalue weighted by Crippen LogP contribution is -2.07. The summed E-state index contributed by atoms with van der Waals surface area (Å²) in [5.74, 6) is 1.80. The Morgan fingerprint density at radius 1 is 0.351 bits per heavy atom. The van der Waals surface area contributed by atoms with Crippen LogP contribution >= 0.6 is 11.3 Å². The summed E-state index contributed by atoms with van der Waals surface area (Å²) in [5, 5.41) is 7.16. The van der Waals surface area contributed by atoms with Crippen molar-refractivity contribution in [3.8, 4) is 45.5 Å². The number of aromatic nitrogens is 5. The molecule has 57 heavy (non-hydrogen) atoms. The molecule has 8 aromatic carbocycles. The van der Waals surface area contributed by atoms with E-state index < -0.39 is 0 Å². The van der Waals surface area contributed by atoms with Gasteiger partial charge in [0.1, 0.15) is 0 Å². The van der Waals surface area contributed by atoms with Crippen LogP contribution in [0.3, 0.4) is 0 Å². The van der Waals surface area contributed by atoms with Crippen LogP contribution in [0.4, 0.5) is 0 Å². The largest absolute Gasteiger partial charge is 0.309 e. The molecule has 266 valence electrons. The van der Waals surface area contributed by atoms with Crippen LogP contribution in [0, 0.1) is 0 Å². The zero-order chi connectivity index (χ0) is 37.5. The van der Waals surface area contributed by atoms with Crippen LogP contribution in [-0.2, 0) is 0 Å². The minimum absolute atomic E-state index is 0.574. The van der Waals surface area contributed by atoms with E-state index in [4.69, 9.17) is 15.0 Å². The number of para-hydroxylation sites is 5. The summed E-state index contributed by atoms with van der Waals surface area (Å²) in [4.78, 5) is 16.1. The molecule has 0 atom stereocenters. The fraction of sp³-hybridized carbons (Fsp3) is 0. The molecule has 0 saturated carbocycles. The van der Waals surface area contributed by atoms with Crippen LogP contribution in [-0.4, -0.2) is 24.1 Å². The number of nitrogens with zero attached hydrogens (tertiary/aromatic N) is 5. The van der Waals surface area contributed by atoms with E-state index in [2.05, 4.69) is 197 Å². The topological polar surface area (TPSA) is 48.5 Å². The summed E-state index contributed by atoms with van der Waals surface area (Å²) in [7, 11) is 0. The Morgan fingerprint density at radius 3 is 1.56 bits per heavy atom. The van der Waals surface area contributed by atoms with Gasteiger partial charge in [-0.15, -0.1) is 11.3 Å². The van der Waals surface area contributed by atoms with Crippen LogP contribution in [0.15, 0.2) is 188 Å². The van der Waals surface area contributed by atoms with Gasteiger partial charge in [-0.25, -0.2) is 4.98 Å². The highest BCUT2D eigenvalue weighted by molar-refractivity contribution is 7.26. The van der Waals surface area contributed by atoms with E-state index in [0.29, 0.717) is 17.6 Å². The Kier molecular flexibility index (Phi) is 7.03. The van der Waals surface area contributed by atoms with Gasteiger partial charge in [0.15, 0.2) is 11.6 Å². The third-order valence-electron chi connectivity index (χ3n) is 11.2. The highest BCUT2D eigenvalue weighted by atomic mass is 32.1. The van der Waals surface area contributed by atoms with Gasteiger partial charge < -0.3 is 4.57 Å². The number of thiophene rings is 1. The van der Waals surface area contributed by atoms with Crippen molar-refractivity contribution in [3.05, 3.63) is 188 Å². The third kappa shape index (κ3) is 4.91. The summed E-state index contributed by atoms with van der Waals surface area (Å²) < 4.78 is 7.02. The lowest BCUT2D eigenvalue weighted by atomic mass is 9.99. The average molecular weight is 746 g/mol. The van der Waals surface area contributed by atoms with Gasteiger partial charge in [0, 0.05) is 52.8 Å². The van der Waals surface area contributed by atoms with Crippen molar-refractivity contribution < 1.29 is 0 Å². The van der Waals surface area contributed by atoms with Crippen molar-refractivity contribution in [1.82, 2.24) is 24.1 Å². The molecule has 12 aromatic rings. The molecule has 5 nitrogen and oxygen atoms in total. The Hall–Kier alpha value is -7.41. The number of hydrogen-bond donors (Lipinski definition) is 0. The average Bonchev–Trinajstić information content (AvgIpc) is 3.94. The minimum Gasteiger partial charge on any atom is -0.309 e. The fourth-order valence-corrected chi connectivity index (χ4v) is 9.83. The molecule has 0 amide bonds. The fourth-order valence-electron chi connectivity index (χ4n) is 8.72. The van der Waals surface area contributed by atoms with Crippen molar-refractivity contribution in [1.29, 1.82) is 0 Å². The third-order valence-corrected chi connectivity index (χ3v) is 12.3. The van der Waals surface area contributed by atoms with E-state index in [9.17, 15) is 0 Å². The molecule has 6 heteroatoms. The number of hydrogen-bond acceptors (Lipinski definition) is 4. The summed E-state index contributed by atoms with van der Waals surface area (Å²) >= 11 is 1.82. The van der Waals surface area contributed by atoms with Gasteiger partial charge in [0.25, 0.3) is 0 Å². The molecule has 0 radical (unpaired) electrons. The monoisotopic (exact) mass is 745 g/mol. The first-order chi connectivity index (χ1) is 28.3. The van der Waals surface area contributed by atoms with E-state index in [-0.39, 0.29) is 0 Å². The van der Waals surface area contributed by atoms with Crippen LogP contribution in [0.2, 0.25) is 0 Å². The summed E-state index contributed by atoms with van der Waals surface area (Å²) in [6, 6.07) is 66.6. The van der Waals surface area contributed by atoms with E-state index in [0.717, 1.165) is 49.7 Å². The summed E-state index contributed by atoms with van der Waals surface area (Å²) in [6.07, 6.45) is 0. The number of rotatable bonds is 5. The molecular weight excluding hydrogens is 715 g/mol. The first-order valence-electron chi connectivity index (χ1n) is 19.1. The Labute approximate surface area is 331 Å². The summed E-state index contributed by atoms with van der Waals surface area (Å²) in [5.41, 5.74) is 9.64. The van der Waals surface area contributed by atoms with Gasteiger partial charge in [-0.05, 0) is 71.8 Å². The Balaban J connectivity index is 1.15. The molecular formula is C51H31N5S. The second kappa shape index (κ2) is 12.6. The van der Waals surface area contributed by atoms with Crippen molar-refractivity contribution in [3.63, 3.8) is 0 Å². The quantitative estimate of drug-likeness (QED) is 0.176. The Morgan fingerprint density at radius 2 is 0.895 bits per heavy atom. The predicted octanol–water partition coefficient (Wildman–Crippen LogP) is 13.4. The van der Waals surface area contributed by atoms with Crippen molar-refractivity contribution in [2.24, 2.45) is 0 Å². The molecule has 4 heterocycles. The minimum atomic E-state index is 0.574. The van der Waals surface area contributed by atoms with Crippen LogP contribution in [0.1, 0.15) is 0 Å².